The molecule has 3 aromatic heterocycles. The lowest BCUT2D eigenvalue weighted by Gasteiger charge is -2.28. The average Bonchev–Trinajstić information content (AvgIpc) is 3.44. The van der Waals surface area contributed by atoms with Crippen molar-refractivity contribution in [3.63, 3.8) is 0 Å². The van der Waals surface area contributed by atoms with Crippen LogP contribution in [0.2, 0.25) is 0 Å². The van der Waals surface area contributed by atoms with Gasteiger partial charge in [0.1, 0.15) is 11.9 Å². The second kappa shape index (κ2) is 9.25. The second-order valence-corrected chi connectivity index (χ2v) is 11.4. The van der Waals surface area contributed by atoms with Crippen LogP contribution in [0.15, 0.2) is 105 Å². The summed E-state index contributed by atoms with van der Waals surface area (Å²) in [6, 6.07) is 27.8. The van der Waals surface area contributed by atoms with Crippen molar-refractivity contribution in [3.8, 4) is 23.0 Å². The molecule has 1 aliphatic rings. The Morgan fingerprint density at radius 3 is 2.55 bits per heavy atom. The molecule has 0 radical (unpaired) electrons. The van der Waals surface area contributed by atoms with Crippen LogP contribution in [-0.4, -0.2) is 33.7 Å². The van der Waals surface area contributed by atoms with E-state index in [2.05, 4.69) is 45.2 Å². The zero-order valence-corrected chi connectivity index (χ0v) is 24.2. The molecule has 8 rings (SSSR count). The minimum Gasteiger partial charge on any atom is -0.437 e. The summed E-state index contributed by atoms with van der Waals surface area (Å²) in [5.41, 5.74) is 4.34. The third-order valence-electron chi connectivity index (χ3n) is 7.76. The molecule has 0 fully saturated rings. The van der Waals surface area contributed by atoms with Gasteiger partial charge in [-0.15, -0.1) is 5.10 Å². The Bertz CT molecular complexity index is 2270. The molecule has 0 saturated heterocycles. The third kappa shape index (κ3) is 3.74. The van der Waals surface area contributed by atoms with Gasteiger partial charge >= 0.3 is 5.63 Å². The number of nitrogens with zero attached hydrogens (tertiary/aromatic N) is 5. The van der Waals surface area contributed by atoms with E-state index in [9.17, 15) is 4.79 Å². The van der Waals surface area contributed by atoms with Crippen molar-refractivity contribution in [2.45, 2.75) is 5.92 Å². The zero-order chi connectivity index (χ0) is 28.5. The highest BCUT2D eigenvalue weighted by Crippen LogP contribution is 2.49. The summed E-state index contributed by atoms with van der Waals surface area (Å²) in [4.78, 5) is 25.4. The summed E-state index contributed by atoms with van der Waals surface area (Å²) in [6.45, 7) is 0. The number of hydrogen-bond donors (Lipinski definition) is 0. The van der Waals surface area contributed by atoms with Crippen molar-refractivity contribution in [2.75, 3.05) is 19.0 Å². The Kier molecular flexibility index (Phi) is 5.45. The number of para-hydroxylation sites is 1. The molecule has 1 unspecified atom stereocenters. The fourth-order valence-electron chi connectivity index (χ4n) is 5.78. The molecule has 1 aliphatic heterocycles. The standard InChI is InChI=1S/C33H22BrN5O3/c1-38(2)24-14-13-20(16-23(24)34)26-27-29(22-9-5-6-10-25(22)41-33(27)40)42-32-28(26)31-36-30(37-39(31)17-35-32)21-12-11-18-7-3-4-8-19(18)15-21/h3-17,26H,1-2H3. The maximum atomic E-state index is 13.7. The summed E-state index contributed by atoms with van der Waals surface area (Å²) >= 11 is 3.73. The predicted molar refractivity (Wildman–Crippen MR) is 166 cm³/mol. The highest BCUT2D eigenvalue weighted by atomic mass is 79.9. The maximum Gasteiger partial charge on any atom is 0.344 e. The first-order valence-corrected chi connectivity index (χ1v) is 14.2. The molecular weight excluding hydrogens is 594 g/mol. The molecule has 42 heavy (non-hydrogen) atoms. The van der Waals surface area contributed by atoms with Crippen LogP contribution >= 0.6 is 15.9 Å². The summed E-state index contributed by atoms with van der Waals surface area (Å²) in [6.07, 6.45) is 1.60. The van der Waals surface area contributed by atoms with Crippen molar-refractivity contribution in [2.24, 2.45) is 0 Å². The van der Waals surface area contributed by atoms with Gasteiger partial charge in [0.05, 0.1) is 28.1 Å². The highest BCUT2D eigenvalue weighted by Gasteiger charge is 2.37. The number of ether oxygens (including phenoxy) is 1. The fourth-order valence-corrected chi connectivity index (χ4v) is 6.53. The lowest BCUT2D eigenvalue weighted by Crippen LogP contribution is -2.22. The van der Waals surface area contributed by atoms with Crippen LogP contribution in [0, 0.1) is 0 Å². The van der Waals surface area contributed by atoms with Crippen LogP contribution in [0.25, 0.3) is 38.8 Å². The Hall–Kier alpha value is -5.02. The molecule has 4 heterocycles. The van der Waals surface area contributed by atoms with Crippen LogP contribution in [-0.2, 0) is 0 Å². The van der Waals surface area contributed by atoms with E-state index < -0.39 is 11.5 Å². The van der Waals surface area contributed by atoms with Crippen LogP contribution < -0.4 is 15.3 Å². The summed E-state index contributed by atoms with van der Waals surface area (Å²) in [5.74, 6) is 0.802. The maximum absolute atomic E-state index is 13.7. The van der Waals surface area contributed by atoms with Crippen LogP contribution in [0.5, 0.6) is 11.6 Å². The Balaban J connectivity index is 1.40. The number of rotatable bonds is 3. The van der Waals surface area contributed by atoms with Gasteiger partial charge in [0.2, 0.25) is 5.88 Å². The van der Waals surface area contributed by atoms with E-state index in [1.165, 1.54) is 0 Å². The van der Waals surface area contributed by atoms with Gasteiger partial charge in [-0.25, -0.2) is 19.3 Å². The topological polar surface area (TPSA) is 85.8 Å². The zero-order valence-electron chi connectivity index (χ0n) is 22.6. The lowest BCUT2D eigenvalue weighted by molar-refractivity contribution is 0.422. The molecule has 0 amide bonds. The van der Waals surface area contributed by atoms with E-state index in [4.69, 9.17) is 19.2 Å². The molecule has 8 nitrogen and oxygen atoms in total. The number of aromatic nitrogens is 4. The molecule has 0 saturated carbocycles. The molecule has 204 valence electrons. The quantitative estimate of drug-likeness (QED) is 0.195. The van der Waals surface area contributed by atoms with Gasteiger partial charge in [-0.3, -0.25) is 0 Å². The van der Waals surface area contributed by atoms with E-state index in [1.54, 1.807) is 16.9 Å². The first-order chi connectivity index (χ1) is 20.5. The molecule has 1 atom stereocenters. The molecule has 0 spiro atoms. The van der Waals surface area contributed by atoms with E-state index in [1.807, 2.05) is 73.6 Å². The highest BCUT2D eigenvalue weighted by molar-refractivity contribution is 9.10. The smallest absolute Gasteiger partial charge is 0.344 e. The van der Waals surface area contributed by atoms with Gasteiger partial charge in [-0.1, -0.05) is 54.6 Å². The van der Waals surface area contributed by atoms with E-state index in [0.717, 1.165) is 32.1 Å². The first-order valence-electron chi connectivity index (χ1n) is 13.4. The van der Waals surface area contributed by atoms with Crippen molar-refractivity contribution in [1.29, 1.82) is 0 Å². The Labute approximate surface area is 248 Å². The van der Waals surface area contributed by atoms with Crippen molar-refractivity contribution in [1.82, 2.24) is 19.6 Å². The molecule has 0 bridgehead atoms. The first kappa shape index (κ1) is 24.8. The SMILES string of the molecule is CN(C)c1ccc(C2c3c(c4ccccc4oc3=O)Oc3ncn4nc(-c5ccc6ccccc6c5)nc4c32)cc1Br. The minimum atomic E-state index is -0.568. The number of benzene rings is 4. The van der Waals surface area contributed by atoms with Crippen molar-refractivity contribution in [3.05, 3.63) is 123 Å². The fraction of sp³-hybridized carbons (Fsp3) is 0.0909. The molecule has 4 aromatic carbocycles. The lowest BCUT2D eigenvalue weighted by atomic mass is 9.84. The Morgan fingerprint density at radius 2 is 1.71 bits per heavy atom. The predicted octanol–water partition coefficient (Wildman–Crippen LogP) is 7.17. The number of anilines is 1. The molecule has 0 N–H and O–H groups in total. The summed E-state index contributed by atoms with van der Waals surface area (Å²) in [5, 5.41) is 7.72. The molecular formula is C33H22BrN5O3. The van der Waals surface area contributed by atoms with Gasteiger partial charge in [0, 0.05) is 24.1 Å². The van der Waals surface area contributed by atoms with Crippen LogP contribution in [0.3, 0.4) is 0 Å². The Morgan fingerprint density at radius 1 is 0.905 bits per heavy atom. The van der Waals surface area contributed by atoms with Crippen LogP contribution in [0.1, 0.15) is 22.6 Å². The van der Waals surface area contributed by atoms with Gasteiger partial charge < -0.3 is 14.1 Å². The molecule has 9 heteroatoms. The van der Waals surface area contributed by atoms with Crippen molar-refractivity contribution < 1.29 is 9.15 Å². The number of halogens is 1. The minimum absolute atomic E-state index is 0.376. The second-order valence-electron chi connectivity index (χ2n) is 10.5. The summed E-state index contributed by atoms with van der Waals surface area (Å²) < 4.78 is 14.8. The summed E-state index contributed by atoms with van der Waals surface area (Å²) in [7, 11) is 3.97. The molecule has 0 aliphatic carbocycles. The van der Waals surface area contributed by atoms with E-state index in [-0.39, 0.29) is 0 Å². The van der Waals surface area contributed by atoms with E-state index >= 15 is 0 Å². The monoisotopic (exact) mass is 615 g/mol. The molecule has 7 aromatic rings. The largest absolute Gasteiger partial charge is 0.437 e. The van der Waals surface area contributed by atoms with Gasteiger partial charge in [-0.2, -0.15) is 0 Å². The average molecular weight is 616 g/mol. The van der Waals surface area contributed by atoms with E-state index in [0.29, 0.717) is 45.2 Å². The van der Waals surface area contributed by atoms with Crippen LogP contribution in [0.4, 0.5) is 5.69 Å². The van der Waals surface area contributed by atoms with Gasteiger partial charge in [-0.05, 0) is 62.6 Å². The number of hydrogen-bond acceptors (Lipinski definition) is 7. The third-order valence-corrected chi connectivity index (χ3v) is 8.39. The normalized spacial score (nSPS) is 14.1. The van der Waals surface area contributed by atoms with Gasteiger partial charge in [0.15, 0.2) is 17.2 Å². The number of fused-ring (bicyclic) bond motifs is 7. The van der Waals surface area contributed by atoms with Gasteiger partial charge in [0.25, 0.3) is 0 Å². The van der Waals surface area contributed by atoms with Crippen molar-refractivity contribution >= 4 is 49.0 Å².